The summed E-state index contributed by atoms with van der Waals surface area (Å²) in [6, 6.07) is 6.02. The van der Waals surface area contributed by atoms with E-state index in [9.17, 15) is 0 Å². The van der Waals surface area contributed by atoms with Gasteiger partial charge in [-0.1, -0.05) is 67.4 Å². The molecule has 1 aliphatic carbocycles. The van der Waals surface area contributed by atoms with Crippen molar-refractivity contribution < 1.29 is 0 Å². The van der Waals surface area contributed by atoms with Crippen molar-refractivity contribution in [3.8, 4) is 0 Å². The molecule has 0 aromatic heterocycles. The molecule has 19 heavy (non-hydrogen) atoms. The average Bonchev–Trinajstić information content (AvgIpc) is 2.34. The van der Waals surface area contributed by atoms with E-state index in [-0.39, 0.29) is 6.04 Å². The third kappa shape index (κ3) is 4.37. The predicted octanol–water partition coefficient (Wildman–Crippen LogP) is 5.22. The number of hydrogen-bond acceptors (Lipinski definition) is 1. The van der Waals surface area contributed by atoms with Crippen molar-refractivity contribution in [1.82, 2.24) is 0 Å². The Kier molecular flexibility index (Phi) is 6.00. The van der Waals surface area contributed by atoms with Crippen LogP contribution in [0.4, 0.5) is 0 Å². The van der Waals surface area contributed by atoms with Gasteiger partial charge >= 0.3 is 0 Å². The van der Waals surface area contributed by atoms with Crippen LogP contribution >= 0.6 is 23.2 Å². The monoisotopic (exact) mass is 299 g/mol. The number of rotatable bonds is 3. The topological polar surface area (TPSA) is 26.0 Å². The Bertz CT molecular complexity index is 398. The minimum absolute atomic E-state index is 0.203. The maximum atomic E-state index is 6.42. The molecule has 1 unspecified atom stereocenters. The summed E-state index contributed by atoms with van der Waals surface area (Å²) in [5, 5.41) is 1.30. The van der Waals surface area contributed by atoms with Gasteiger partial charge in [-0.3, -0.25) is 0 Å². The normalized spacial score (nSPS) is 19.7. The highest BCUT2D eigenvalue weighted by atomic mass is 35.5. The Morgan fingerprint density at radius 3 is 2.37 bits per heavy atom. The molecule has 0 aliphatic heterocycles. The molecule has 0 amide bonds. The third-order valence-electron chi connectivity index (χ3n) is 4.24. The first-order valence-corrected chi connectivity index (χ1v) is 8.12. The summed E-state index contributed by atoms with van der Waals surface area (Å²) in [7, 11) is 0. The van der Waals surface area contributed by atoms with Crippen LogP contribution in [0.1, 0.15) is 50.5 Å². The fourth-order valence-corrected chi connectivity index (χ4v) is 3.44. The van der Waals surface area contributed by atoms with Gasteiger partial charge in [-0.15, -0.1) is 0 Å². The lowest BCUT2D eigenvalue weighted by molar-refractivity contribution is 0.322. The number of halogens is 2. The fourth-order valence-electron chi connectivity index (χ4n) is 3.04. The Hall–Kier alpha value is -0.240. The molecule has 0 heterocycles. The Balaban J connectivity index is 1.98. The van der Waals surface area contributed by atoms with E-state index in [2.05, 4.69) is 0 Å². The van der Waals surface area contributed by atoms with Gasteiger partial charge in [0.1, 0.15) is 0 Å². The lowest BCUT2D eigenvalue weighted by Crippen LogP contribution is -2.33. The second kappa shape index (κ2) is 7.52. The van der Waals surface area contributed by atoms with Crippen LogP contribution in [0.25, 0.3) is 0 Å². The summed E-state index contributed by atoms with van der Waals surface area (Å²) < 4.78 is 0. The Morgan fingerprint density at radius 1 is 1.05 bits per heavy atom. The molecule has 1 aromatic carbocycles. The number of benzene rings is 1. The molecule has 1 saturated carbocycles. The average molecular weight is 300 g/mol. The largest absolute Gasteiger partial charge is 0.327 e. The number of nitrogens with two attached hydrogens (primary N) is 1. The summed E-state index contributed by atoms with van der Waals surface area (Å²) in [5.74, 6) is 0.635. The van der Waals surface area contributed by atoms with Gasteiger partial charge in [-0.2, -0.15) is 0 Å². The Morgan fingerprint density at radius 2 is 1.68 bits per heavy atom. The maximum Gasteiger partial charge on any atom is 0.0624 e. The predicted molar refractivity (Wildman–Crippen MR) is 84.0 cm³/mol. The van der Waals surface area contributed by atoms with E-state index in [0.29, 0.717) is 16.0 Å². The van der Waals surface area contributed by atoms with Crippen LogP contribution in [-0.2, 0) is 6.42 Å². The zero-order valence-electron chi connectivity index (χ0n) is 11.4. The lowest BCUT2D eigenvalue weighted by Gasteiger charge is -2.26. The first kappa shape index (κ1) is 15.2. The van der Waals surface area contributed by atoms with E-state index in [0.717, 1.165) is 12.0 Å². The first-order chi connectivity index (χ1) is 9.18. The highest BCUT2D eigenvalue weighted by molar-refractivity contribution is 6.42. The molecule has 1 fully saturated rings. The van der Waals surface area contributed by atoms with Crippen molar-refractivity contribution in [2.75, 3.05) is 0 Å². The summed E-state index contributed by atoms with van der Waals surface area (Å²) in [4.78, 5) is 0. The zero-order chi connectivity index (χ0) is 13.7. The van der Waals surface area contributed by atoms with Crippen LogP contribution < -0.4 is 5.73 Å². The van der Waals surface area contributed by atoms with E-state index in [4.69, 9.17) is 28.9 Å². The second-order valence-electron chi connectivity index (χ2n) is 5.69. The van der Waals surface area contributed by atoms with Gasteiger partial charge in [-0.05, 0) is 36.8 Å². The van der Waals surface area contributed by atoms with Crippen molar-refractivity contribution in [2.45, 2.75) is 57.4 Å². The van der Waals surface area contributed by atoms with E-state index in [1.807, 2.05) is 18.2 Å². The molecule has 3 heteroatoms. The zero-order valence-corrected chi connectivity index (χ0v) is 12.9. The standard InChI is InChI=1S/C16H23Cl2N/c17-14-10-6-9-13(16(14)18)11-15(19)12-7-4-2-1-3-5-8-12/h6,9-10,12,15H,1-5,7-8,11,19H2. The van der Waals surface area contributed by atoms with Crippen LogP contribution in [0.3, 0.4) is 0 Å². The van der Waals surface area contributed by atoms with E-state index in [1.54, 1.807) is 0 Å². The van der Waals surface area contributed by atoms with Gasteiger partial charge in [0.05, 0.1) is 10.0 Å². The Labute approximate surface area is 126 Å². The molecule has 0 saturated heterocycles. The first-order valence-electron chi connectivity index (χ1n) is 7.37. The molecule has 1 aliphatic rings. The van der Waals surface area contributed by atoms with Crippen molar-refractivity contribution in [1.29, 1.82) is 0 Å². The van der Waals surface area contributed by atoms with Crippen LogP contribution in [0.15, 0.2) is 18.2 Å². The molecule has 2 N–H and O–H groups in total. The van der Waals surface area contributed by atoms with Crippen LogP contribution in [-0.4, -0.2) is 6.04 Å². The summed E-state index contributed by atoms with van der Waals surface area (Å²) >= 11 is 12.3. The van der Waals surface area contributed by atoms with E-state index in [1.165, 1.54) is 44.9 Å². The maximum absolute atomic E-state index is 6.42. The quantitative estimate of drug-likeness (QED) is 0.813. The molecule has 1 nitrogen and oxygen atoms in total. The van der Waals surface area contributed by atoms with Gasteiger partial charge in [0.25, 0.3) is 0 Å². The fraction of sp³-hybridized carbons (Fsp3) is 0.625. The summed E-state index contributed by atoms with van der Waals surface area (Å²) in [6.45, 7) is 0. The van der Waals surface area contributed by atoms with Gasteiger partial charge < -0.3 is 5.73 Å². The summed E-state index contributed by atoms with van der Waals surface area (Å²) in [6.07, 6.45) is 10.1. The smallest absolute Gasteiger partial charge is 0.0624 e. The van der Waals surface area contributed by atoms with Gasteiger partial charge in [-0.25, -0.2) is 0 Å². The SMILES string of the molecule is NC(Cc1cccc(Cl)c1Cl)C1CCCCCCC1. The summed E-state index contributed by atoms with van der Waals surface area (Å²) in [5.41, 5.74) is 7.50. The lowest BCUT2D eigenvalue weighted by atomic mass is 9.84. The van der Waals surface area contributed by atoms with Crippen molar-refractivity contribution in [3.05, 3.63) is 33.8 Å². The van der Waals surface area contributed by atoms with Crippen LogP contribution in [0.2, 0.25) is 10.0 Å². The van der Waals surface area contributed by atoms with Crippen LogP contribution in [0, 0.1) is 5.92 Å². The molecule has 0 radical (unpaired) electrons. The molecule has 106 valence electrons. The van der Waals surface area contributed by atoms with Crippen LogP contribution in [0.5, 0.6) is 0 Å². The highest BCUT2D eigenvalue weighted by Crippen LogP contribution is 2.30. The highest BCUT2D eigenvalue weighted by Gasteiger charge is 2.20. The molecule has 0 bridgehead atoms. The van der Waals surface area contributed by atoms with E-state index >= 15 is 0 Å². The molecular weight excluding hydrogens is 277 g/mol. The molecule has 1 atom stereocenters. The van der Waals surface area contributed by atoms with Gasteiger partial charge in [0.15, 0.2) is 0 Å². The van der Waals surface area contributed by atoms with Crippen molar-refractivity contribution in [2.24, 2.45) is 11.7 Å². The van der Waals surface area contributed by atoms with Gasteiger partial charge in [0, 0.05) is 6.04 Å². The third-order valence-corrected chi connectivity index (χ3v) is 5.10. The molecule has 1 aromatic rings. The number of hydrogen-bond donors (Lipinski definition) is 1. The van der Waals surface area contributed by atoms with Crippen molar-refractivity contribution in [3.63, 3.8) is 0 Å². The minimum Gasteiger partial charge on any atom is -0.327 e. The minimum atomic E-state index is 0.203. The van der Waals surface area contributed by atoms with Gasteiger partial charge in [0.2, 0.25) is 0 Å². The van der Waals surface area contributed by atoms with Crippen molar-refractivity contribution >= 4 is 23.2 Å². The molecule has 0 spiro atoms. The second-order valence-corrected chi connectivity index (χ2v) is 6.47. The molecule has 2 rings (SSSR count). The van der Waals surface area contributed by atoms with E-state index < -0.39 is 0 Å². The molecular formula is C16H23Cl2N.